The molecule has 5 nitrogen and oxygen atoms in total. The van der Waals surface area contributed by atoms with Crippen LogP contribution in [0.1, 0.15) is 0 Å². The summed E-state index contributed by atoms with van der Waals surface area (Å²) in [6.07, 6.45) is 0. The summed E-state index contributed by atoms with van der Waals surface area (Å²) >= 11 is 0. The Hall–Kier alpha value is -3.02. The first-order chi connectivity index (χ1) is 11.7. The lowest BCUT2D eigenvalue weighted by Gasteiger charge is -2.13. The highest BCUT2D eigenvalue weighted by molar-refractivity contribution is 5.72. The van der Waals surface area contributed by atoms with Crippen LogP contribution in [-0.4, -0.2) is 31.5 Å². The van der Waals surface area contributed by atoms with E-state index in [0.717, 1.165) is 16.8 Å². The summed E-state index contributed by atoms with van der Waals surface area (Å²) in [6.45, 7) is 0. The first kappa shape index (κ1) is 15.9. The van der Waals surface area contributed by atoms with E-state index in [9.17, 15) is 4.39 Å². The number of nitrogens with zero attached hydrogens (tertiary/aromatic N) is 1. The van der Waals surface area contributed by atoms with Gasteiger partial charge in [-0.3, -0.25) is 5.10 Å². The molecule has 0 bridgehead atoms. The van der Waals surface area contributed by atoms with Crippen molar-refractivity contribution in [1.82, 2.24) is 10.2 Å². The number of benzene rings is 2. The van der Waals surface area contributed by atoms with Gasteiger partial charge in [0.2, 0.25) is 5.75 Å². The van der Waals surface area contributed by atoms with Crippen LogP contribution >= 0.6 is 0 Å². The van der Waals surface area contributed by atoms with Gasteiger partial charge in [0.1, 0.15) is 5.82 Å². The number of ether oxygens (including phenoxy) is 3. The number of halogens is 1. The van der Waals surface area contributed by atoms with Crippen LogP contribution in [0.25, 0.3) is 22.5 Å². The quantitative estimate of drug-likeness (QED) is 0.771. The van der Waals surface area contributed by atoms with Gasteiger partial charge in [0.25, 0.3) is 0 Å². The van der Waals surface area contributed by atoms with E-state index in [4.69, 9.17) is 14.2 Å². The molecule has 3 aromatic rings. The molecule has 3 rings (SSSR count). The topological polar surface area (TPSA) is 56.4 Å². The van der Waals surface area contributed by atoms with E-state index in [-0.39, 0.29) is 5.82 Å². The summed E-state index contributed by atoms with van der Waals surface area (Å²) in [4.78, 5) is 0. The van der Waals surface area contributed by atoms with Crippen LogP contribution in [-0.2, 0) is 0 Å². The number of hydrogen-bond acceptors (Lipinski definition) is 4. The molecule has 1 aromatic heterocycles. The van der Waals surface area contributed by atoms with Gasteiger partial charge in [-0.15, -0.1) is 0 Å². The Morgan fingerprint density at radius 1 is 0.875 bits per heavy atom. The Kier molecular flexibility index (Phi) is 4.37. The van der Waals surface area contributed by atoms with Crippen LogP contribution in [0.3, 0.4) is 0 Å². The van der Waals surface area contributed by atoms with Crippen molar-refractivity contribution in [1.29, 1.82) is 0 Å². The lowest BCUT2D eigenvalue weighted by atomic mass is 10.1. The first-order valence-electron chi connectivity index (χ1n) is 7.28. The fourth-order valence-corrected chi connectivity index (χ4v) is 2.50. The Morgan fingerprint density at radius 3 is 2.17 bits per heavy atom. The molecular weight excluding hydrogens is 311 g/mol. The fraction of sp³-hybridized carbons (Fsp3) is 0.167. The normalized spacial score (nSPS) is 10.5. The van der Waals surface area contributed by atoms with Crippen molar-refractivity contribution in [3.8, 4) is 39.8 Å². The Bertz CT molecular complexity index is 836. The molecule has 124 valence electrons. The van der Waals surface area contributed by atoms with Crippen LogP contribution in [0.4, 0.5) is 4.39 Å². The molecule has 0 aliphatic heterocycles. The third-order valence-electron chi connectivity index (χ3n) is 3.67. The minimum atomic E-state index is -0.295. The highest BCUT2D eigenvalue weighted by Crippen LogP contribution is 2.41. The van der Waals surface area contributed by atoms with Crippen LogP contribution in [0, 0.1) is 5.82 Å². The van der Waals surface area contributed by atoms with Crippen LogP contribution in [0.15, 0.2) is 42.5 Å². The van der Waals surface area contributed by atoms with Crippen molar-refractivity contribution in [3.63, 3.8) is 0 Å². The zero-order chi connectivity index (χ0) is 17.1. The maximum Gasteiger partial charge on any atom is 0.203 e. The van der Waals surface area contributed by atoms with Crippen molar-refractivity contribution in [2.24, 2.45) is 0 Å². The van der Waals surface area contributed by atoms with E-state index in [1.54, 1.807) is 27.4 Å². The molecule has 6 heteroatoms. The zero-order valence-electron chi connectivity index (χ0n) is 13.6. The minimum absolute atomic E-state index is 0.295. The monoisotopic (exact) mass is 328 g/mol. The number of H-pyrrole nitrogens is 1. The van der Waals surface area contributed by atoms with Gasteiger partial charge >= 0.3 is 0 Å². The van der Waals surface area contributed by atoms with Gasteiger partial charge in [-0.25, -0.2) is 4.39 Å². The Labute approximate surface area is 139 Å². The fourth-order valence-electron chi connectivity index (χ4n) is 2.50. The Morgan fingerprint density at radius 2 is 1.58 bits per heavy atom. The largest absolute Gasteiger partial charge is 0.493 e. The molecule has 0 saturated carbocycles. The highest BCUT2D eigenvalue weighted by Gasteiger charge is 2.16. The predicted octanol–water partition coefficient (Wildman–Crippen LogP) is 3.91. The molecule has 0 fully saturated rings. The standard InChI is InChI=1S/C18H17FN2O3/c1-22-16-8-12(9-17(23-2)18(16)24-3)15-10-14(20-21-15)11-5-4-6-13(19)7-11/h4-10H,1-3H3,(H,20,21). The second-order valence-electron chi connectivity index (χ2n) is 5.09. The lowest BCUT2D eigenvalue weighted by Crippen LogP contribution is -1.95. The predicted molar refractivity (Wildman–Crippen MR) is 89.1 cm³/mol. The summed E-state index contributed by atoms with van der Waals surface area (Å²) < 4.78 is 29.4. The molecular formula is C18H17FN2O3. The molecule has 24 heavy (non-hydrogen) atoms. The summed E-state index contributed by atoms with van der Waals surface area (Å²) in [5.74, 6) is 1.31. The van der Waals surface area contributed by atoms with Gasteiger partial charge in [0.05, 0.1) is 32.7 Å². The molecule has 0 aliphatic rings. The molecule has 0 spiro atoms. The van der Waals surface area contributed by atoms with E-state index in [1.165, 1.54) is 12.1 Å². The first-order valence-corrected chi connectivity index (χ1v) is 7.28. The van der Waals surface area contributed by atoms with Crippen molar-refractivity contribution in [3.05, 3.63) is 48.3 Å². The van der Waals surface area contributed by atoms with E-state index in [2.05, 4.69) is 10.2 Å². The maximum atomic E-state index is 13.4. The molecule has 0 unspecified atom stereocenters. The van der Waals surface area contributed by atoms with Crippen LogP contribution in [0.2, 0.25) is 0 Å². The number of rotatable bonds is 5. The van der Waals surface area contributed by atoms with E-state index >= 15 is 0 Å². The van der Waals surface area contributed by atoms with E-state index in [0.29, 0.717) is 22.9 Å². The van der Waals surface area contributed by atoms with Crippen LogP contribution < -0.4 is 14.2 Å². The highest BCUT2D eigenvalue weighted by atomic mass is 19.1. The summed E-state index contributed by atoms with van der Waals surface area (Å²) in [5, 5.41) is 7.22. The number of hydrogen-bond donors (Lipinski definition) is 1. The third-order valence-corrected chi connectivity index (χ3v) is 3.67. The number of nitrogens with one attached hydrogen (secondary N) is 1. The third kappa shape index (κ3) is 2.90. The smallest absolute Gasteiger partial charge is 0.203 e. The summed E-state index contributed by atoms with van der Waals surface area (Å²) in [7, 11) is 4.67. The molecule has 2 aromatic carbocycles. The zero-order valence-corrected chi connectivity index (χ0v) is 13.6. The van der Waals surface area contributed by atoms with Gasteiger partial charge in [0, 0.05) is 11.1 Å². The summed E-state index contributed by atoms with van der Waals surface area (Å²) in [5.41, 5.74) is 2.93. The molecule has 0 atom stereocenters. The van der Waals surface area contributed by atoms with E-state index < -0.39 is 0 Å². The van der Waals surface area contributed by atoms with Gasteiger partial charge in [-0.1, -0.05) is 12.1 Å². The van der Waals surface area contributed by atoms with Gasteiger partial charge in [0.15, 0.2) is 11.5 Å². The van der Waals surface area contributed by atoms with Crippen molar-refractivity contribution < 1.29 is 18.6 Å². The molecule has 0 amide bonds. The van der Waals surface area contributed by atoms with Gasteiger partial charge in [-0.05, 0) is 30.3 Å². The number of methoxy groups -OCH3 is 3. The Balaban J connectivity index is 2.04. The van der Waals surface area contributed by atoms with Crippen molar-refractivity contribution in [2.75, 3.05) is 21.3 Å². The van der Waals surface area contributed by atoms with Gasteiger partial charge in [-0.2, -0.15) is 5.10 Å². The van der Waals surface area contributed by atoms with Crippen LogP contribution in [0.5, 0.6) is 17.2 Å². The second kappa shape index (κ2) is 6.62. The number of aromatic nitrogens is 2. The summed E-state index contributed by atoms with van der Waals surface area (Å²) in [6, 6.07) is 11.8. The lowest BCUT2D eigenvalue weighted by molar-refractivity contribution is 0.324. The average molecular weight is 328 g/mol. The molecule has 0 radical (unpaired) electrons. The minimum Gasteiger partial charge on any atom is -0.493 e. The maximum absolute atomic E-state index is 13.4. The second-order valence-corrected chi connectivity index (χ2v) is 5.09. The average Bonchev–Trinajstić information content (AvgIpc) is 3.10. The van der Waals surface area contributed by atoms with Crippen molar-refractivity contribution >= 4 is 0 Å². The number of aromatic amines is 1. The molecule has 1 heterocycles. The molecule has 1 N–H and O–H groups in total. The van der Waals surface area contributed by atoms with Gasteiger partial charge < -0.3 is 14.2 Å². The SMILES string of the molecule is COc1cc(-c2cc(-c3cccc(F)c3)[nH]n2)cc(OC)c1OC. The van der Waals surface area contributed by atoms with Crippen molar-refractivity contribution in [2.45, 2.75) is 0 Å². The molecule has 0 saturated heterocycles. The molecule has 0 aliphatic carbocycles. The van der Waals surface area contributed by atoms with E-state index in [1.807, 2.05) is 24.3 Å².